The Bertz CT molecular complexity index is 886. The minimum atomic E-state index is 0.423. The summed E-state index contributed by atoms with van der Waals surface area (Å²) in [6, 6.07) is 19.6. The quantitative estimate of drug-likeness (QED) is 0.579. The Kier molecular flexibility index (Phi) is 3.29. The Morgan fingerprint density at radius 3 is 2.41 bits per heavy atom. The van der Waals surface area contributed by atoms with Gasteiger partial charge >= 0.3 is 0 Å². The smallest absolute Gasteiger partial charge is 0.235 e. The molecule has 0 aliphatic heterocycles. The van der Waals surface area contributed by atoms with Crippen LogP contribution in [0.5, 0.6) is 5.75 Å². The van der Waals surface area contributed by atoms with Crippen LogP contribution in [0, 0.1) is 0 Å². The van der Waals surface area contributed by atoms with Gasteiger partial charge in [0.15, 0.2) is 10.8 Å². The average Bonchev–Trinajstić information content (AvgIpc) is 3.15. The summed E-state index contributed by atoms with van der Waals surface area (Å²) in [4.78, 5) is 0.769. The van der Waals surface area contributed by atoms with Crippen LogP contribution in [0.3, 0.4) is 0 Å². The fourth-order valence-electron chi connectivity index (χ4n) is 2.14. The van der Waals surface area contributed by atoms with E-state index in [-0.39, 0.29) is 0 Å². The second kappa shape index (κ2) is 5.57. The van der Waals surface area contributed by atoms with E-state index in [0.29, 0.717) is 6.61 Å². The molecule has 2 heterocycles. The highest BCUT2D eigenvalue weighted by molar-refractivity contribution is 7.16. The van der Waals surface area contributed by atoms with Crippen LogP contribution in [0.25, 0.3) is 16.3 Å². The normalized spacial score (nSPS) is 10.9. The zero-order valence-corrected chi connectivity index (χ0v) is 12.4. The van der Waals surface area contributed by atoms with Gasteiger partial charge < -0.3 is 4.74 Å². The summed E-state index contributed by atoms with van der Waals surface area (Å²) in [7, 11) is 0. The summed E-state index contributed by atoms with van der Waals surface area (Å²) in [6.07, 6.45) is 0. The number of hydrogen-bond donors (Lipinski definition) is 0. The molecular weight excluding hydrogens is 296 g/mol. The third-order valence-electron chi connectivity index (χ3n) is 3.17. The van der Waals surface area contributed by atoms with Crippen LogP contribution in [-0.2, 0) is 6.61 Å². The molecule has 0 aliphatic carbocycles. The number of nitrogens with zero attached hydrogens (tertiary/aromatic N) is 4. The van der Waals surface area contributed by atoms with E-state index in [9.17, 15) is 0 Å². The molecule has 0 unspecified atom stereocenters. The fourth-order valence-corrected chi connectivity index (χ4v) is 2.89. The van der Waals surface area contributed by atoms with Gasteiger partial charge in [0.1, 0.15) is 12.4 Å². The van der Waals surface area contributed by atoms with Crippen molar-refractivity contribution >= 4 is 16.3 Å². The van der Waals surface area contributed by atoms with Crippen LogP contribution in [0.15, 0.2) is 60.7 Å². The van der Waals surface area contributed by atoms with E-state index < -0.39 is 0 Å². The van der Waals surface area contributed by atoms with Crippen molar-refractivity contribution in [3.05, 3.63) is 65.7 Å². The van der Waals surface area contributed by atoms with Gasteiger partial charge in [-0.15, -0.1) is 10.2 Å². The first-order valence-electron chi connectivity index (χ1n) is 6.84. The summed E-state index contributed by atoms with van der Waals surface area (Å²) in [5.41, 5.74) is 0.996. The van der Waals surface area contributed by atoms with Crippen molar-refractivity contribution in [2.24, 2.45) is 0 Å². The first-order valence-corrected chi connectivity index (χ1v) is 7.66. The fraction of sp³-hybridized carbons (Fsp3) is 0.0625. The summed E-state index contributed by atoms with van der Waals surface area (Å²) < 4.78 is 7.49. The molecule has 5 nitrogen and oxygen atoms in total. The van der Waals surface area contributed by atoms with Gasteiger partial charge in [-0.3, -0.25) is 0 Å². The van der Waals surface area contributed by atoms with E-state index >= 15 is 0 Å². The Hall–Kier alpha value is -2.73. The maximum absolute atomic E-state index is 5.72. The van der Waals surface area contributed by atoms with E-state index in [1.54, 1.807) is 4.52 Å². The lowest BCUT2D eigenvalue weighted by Crippen LogP contribution is -1.97. The molecule has 0 amide bonds. The van der Waals surface area contributed by atoms with Crippen molar-refractivity contribution in [3.63, 3.8) is 0 Å². The number of hydrogen-bond acceptors (Lipinski definition) is 5. The lowest BCUT2D eigenvalue weighted by atomic mass is 10.2. The number of aromatic nitrogens is 4. The third-order valence-corrected chi connectivity index (χ3v) is 4.04. The van der Waals surface area contributed by atoms with Crippen LogP contribution in [0.4, 0.5) is 0 Å². The lowest BCUT2D eigenvalue weighted by molar-refractivity contribution is 0.304. The van der Waals surface area contributed by atoms with Crippen molar-refractivity contribution < 1.29 is 4.74 Å². The SMILES string of the molecule is c1ccc(OCc2nn3c(-c4ccccc4)nnc3s2)cc1. The molecule has 0 N–H and O–H groups in total. The average molecular weight is 308 g/mol. The third kappa shape index (κ3) is 2.44. The van der Waals surface area contributed by atoms with Crippen molar-refractivity contribution in [1.29, 1.82) is 0 Å². The predicted octanol–water partition coefficient (Wildman–Crippen LogP) is 3.43. The first-order chi connectivity index (χ1) is 10.9. The summed E-state index contributed by atoms with van der Waals surface area (Å²) in [5.74, 6) is 1.58. The van der Waals surface area contributed by atoms with Gasteiger partial charge in [0.25, 0.3) is 0 Å². The molecule has 4 aromatic rings. The number of para-hydroxylation sites is 1. The van der Waals surface area contributed by atoms with Gasteiger partial charge in [0.05, 0.1) is 0 Å². The lowest BCUT2D eigenvalue weighted by Gasteiger charge is -2.02. The van der Waals surface area contributed by atoms with Crippen LogP contribution in [0.1, 0.15) is 5.01 Å². The van der Waals surface area contributed by atoms with Gasteiger partial charge in [0, 0.05) is 5.56 Å². The van der Waals surface area contributed by atoms with E-state index in [1.165, 1.54) is 11.3 Å². The predicted molar refractivity (Wildman–Crippen MR) is 84.9 cm³/mol. The van der Waals surface area contributed by atoms with Crippen molar-refractivity contribution in [2.75, 3.05) is 0 Å². The molecule has 6 heteroatoms. The minimum Gasteiger partial charge on any atom is -0.486 e. The molecule has 2 aromatic carbocycles. The second-order valence-electron chi connectivity index (χ2n) is 4.68. The maximum atomic E-state index is 5.72. The molecule has 108 valence electrons. The van der Waals surface area contributed by atoms with Crippen molar-refractivity contribution in [2.45, 2.75) is 6.61 Å². The Morgan fingerprint density at radius 2 is 1.64 bits per heavy atom. The van der Waals surface area contributed by atoms with E-state index in [1.807, 2.05) is 60.7 Å². The molecule has 0 bridgehead atoms. The molecule has 0 spiro atoms. The Labute approximate surface area is 130 Å². The zero-order chi connectivity index (χ0) is 14.8. The summed E-state index contributed by atoms with van der Waals surface area (Å²) >= 11 is 1.49. The molecule has 0 saturated carbocycles. The van der Waals surface area contributed by atoms with Gasteiger partial charge in [0.2, 0.25) is 4.96 Å². The molecule has 22 heavy (non-hydrogen) atoms. The minimum absolute atomic E-state index is 0.423. The Balaban J connectivity index is 1.60. The van der Waals surface area contributed by atoms with Gasteiger partial charge in [-0.1, -0.05) is 59.9 Å². The highest BCUT2D eigenvalue weighted by atomic mass is 32.1. The largest absolute Gasteiger partial charge is 0.486 e. The molecule has 4 rings (SSSR count). The van der Waals surface area contributed by atoms with Crippen LogP contribution < -0.4 is 4.74 Å². The monoisotopic (exact) mass is 308 g/mol. The van der Waals surface area contributed by atoms with E-state index in [4.69, 9.17) is 4.74 Å². The number of benzene rings is 2. The highest BCUT2D eigenvalue weighted by Gasteiger charge is 2.13. The molecule has 0 aliphatic rings. The molecule has 0 atom stereocenters. The zero-order valence-electron chi connectivity index (χ0n) is 11.6. The molecule has 0 fully saturated rings. The van der Waals surface area contributed by atoms with Crippen molar-refractivity contribution in [3.8, 4) is 17.1 Å². The van der Waals surface area contributed by atoms with E-state index in [2.05, 4.69) is 15.3 Å². The molecular formula is C16H12N4OS. The summed E-state index contributed by atoms with van der Waals surface area (Å²) in [5, 5.41) is 13.8. The van der Waals surface area contributed by atoms with Gasteiger partial charge in [-0.2, -0.15) is 9.61 Å². The number of rotatable bonds is 4. The number of fused-ring (bicyclic) bond motifs is 1. The van der Waals surface area contributed by atoms with Crippen LogP contribution >= 0.6 is 11.3 Å². The highest BCUT2D eigenvalue weighted by Crippen LogP contribution is 2.22. The van der Waals surface area contributed by atoms with Crippen LogP contribution in [-0.4, -0.2) is 19.8 Å². The van der Waals surface area contributed by atoms with Crippen LogP contribution in [0.2, 0.25) is 0 Å². The van der Waals surface area contributed by atoms with E-state index in [0.717, 1.165) is 27.1 Å². The topological polar surface area (TPSA) is 52.3 Å². The van der Waals surface area contributed by atoms with Gasteiger partial charge in [-0.05, 0) is 12.1 Å². The number of ether oxygens (including phenoxy) is 1. The maximum Gasteiger partial charge on any atom is 0.235 e. The first kappa shape index (κ1) is 13.0. The van der Waals surface area contributed by atoms with Crippen molar-refractivity contribution in [1.82, 2.24) is 19.8 Å². The molecule has 0 saturated heterocycles. The standard InChI is InChI=1S/C16H12N4OS/c1-3-7-12(8-4-1)15-17-18-16-20(15)19-14(22-16)11-21-13-9-5-2-6-10-13/h1-10H,11H2. The summed E-state index contributed by atoms with van der Waals surface area (Å²) in [6.45, 7) is 0.423. The Morgan fingerprint density at radius 1 is 0.909 bits per heavy atom. The molecule has 0 radical (unpaired) electrons. The second-order valence-corrected chi connectivity index (χ2v) is 5.72. The molecule has 2 aromatic heterocycles. The van der Waals surface area contributed by atoms with Gasteiger partial charge in [-0.25, -0.2) is 0 Å².